The van der Waals surface area contributed by atoms with Crippen LogP contribution in [-0.4, -0.2) is 42.9 Å². The van der Waals surface area contributed by atoms with Crippen molar-refractivity contribution in [1.29, 1.82) is 0 Å². The predicted molar refractivity (Wildman–Crippen MR) is 69.8 cm³/mol. The Balaban J connectivity index is 1.42. The molecule has 0 N–H and O–H groups in total. The average molecular weight is 274 g/mol. The van der Waals surface area contributed by atoms with Crippen molar-refractivity contribution in [3.8, 4) is 0 Å². The van der Waals surface area contributed by atoms with Crippen molar-refractivity contribution >= 4 is 0 Å². The van der Waals surface area contributed by atoms with Crippen LogP contribution in [0.5, 0.6) is 0 Å². The van der Waals surface area contributed by atoms with E-state index in [1.54, 1.807) is 12.7 Å². The molecule has 7 nitrogen and oxygen atoms in total. The number of nitrogens with zero attached hydrogens (tertiary/aromatic N) is 6. The van der Waals surface area contributed by atoms with Gasteiger partial charge in [-0.25, -0.2) is 4.98 Å². The number of aromatic nitrogens is 5. The van der Waals surface area contributed by atoms with Crippen LogP contribution in [0.2, 0.25) is 0 Å². The quantitative estimate of drug-likeness (QED) is 0.820. The van der Waals surface area contributed by atoms with E-state index in [0.717, 1.165) is 37.8 Å². The van der Waals surface area contributed by atoms with Gasteiger partial charge in [-0.1, -0.05) is 5.16 Å². The lowest BCUT2D eigenvalue weighted by atomic mass is 10.2. The zero-order chi connectivity index (χ0) is 13.4. The number of rotatable bonds is 5. The fourth-order valence-electron chi connectivity index (χ4n) is 2.84. The summed E-state index contributed by atoms with van der Waals surface area (Å²) < 4.78 is 7.25. The molecule has 2 aliphatic rings. The van der Waals surface area contributed by atoms with Crippen molar-refractivity contribution in [2.45, 2.75) is 44.2 Å². The smallest absolute Gasteiger partial charge is 0.229 e. The van der Waals surface area contributed by atoms with E-state index in [9.17, 15) is 0 Å². The van der Waals surface area contributed by atoms with Crippen LogP contribution in [0, 0.1) is 0 Å². The molecular weight excluding hydrogens is 256 g/mol. The maximum Gasteiger partial charge on any atom is 0.229 e. The highest BCUT2D eigenvalue weighted by Gasteiger charge is 2.33. The Bertz CT molecular complexity index is 561. The first-order valence-corrected chi connectivity index (χ1v) is 7.30. The molecule has 7 heteroatoms. The van der Waals surface area contributed by atoms with E-state index >= 15 is 0 Å². The number of hydrogen-bond donors (Lipinski definition) is 0. The lowest BCUT2D eigenvalue weighted by Gasteiger charge is -2.21. The van der Waals surface area contributed by atoms with Crippen molar-refractivity contribution in [2.75, 3.05) is 13.1 Å². The van der Waals surface area contributed by atoms with E-state index in [-0.39, 0.29) is 0 Å². The molecule has 1 aliphatic carbocycles. The first-order valence-electron chi connectivity index (χ1n) is 7.30. The molecule has 4 rings (SSSR count). The minimum atomic E-state index is 0.301. The van der Waals surface area contributed by atoms with Gasteiger partial charge in [-0.05, 0) is 32.2 Å². The number of likely N-dealkylation sites (tertiary alicyclic amines) is 1. The Kier molecular flexibility index (Phi) is 2.99. The first-order chi connectivity index (χ1) is 9.90. The predicted octanol–water partition coefficient (Wildman–Crippen LogP) is 1.38. The Morgan fingerprint density at radius 2 is 2.20 bits per heavy atom. The van der Waals surface area contributed by atoms with Gasteiger partial charge in [0, 0.05) is 12.5 Å². The third-order valence-corrected chi connectivity index (χ3v) is 4.13. The maximum absolute atomic E-state index is 5.38. The van der Waals surface area contributed by atoms with Crippen molar-refractivity contribution in [3.05, 3.63) is 24.4 Å². The Labute approximate surface area is 117 Å². The summed E-state index contributed by atoms with van der Waals surface area (Å²) in [5, 5.41) is 8.33. The fraction of sp³-hybridized carbons (Fsp3) is 0.692. The van der Waals surface area contributed by atoms with Crippen LogP contribution in [0.15, 0.2) is 17.2 Å². The molecule has 0 bridgehead atoms. The van der Waals surface area contributed by atoms with Gasteiger partial charge in [-0.3, -0.25) is 9.58 Å². The van der Waals surface area contributed by atoms with Crippen LogP contribution < -0.4 is 0 Å². The Morgan fingerprint density at radius 1 is 1.25 bits per heavy atom. The molecule has 1 atom stereocenters. The lowest BCUT2D eigenvalue weighted by Crippen LogP contribution is -2.28. The van der Waals surface area contributed by atoms with Gasteiger partial charge in [0.1, 0.15) is 12.7 Å². The molecule has 2 aromatic rings. The molecule has 2 fully saturated rings. The summed E-state index contributed by atoms with van der Waals surface area (Å²) in [7, 11) is 0. The molecule has 1 saturated carbocycles. The normalized spacial score (nSPS) is 23.5. The van der Waals surface area contributed by atoms with Gasteiger partial charge < -0.3 is 4.52 Å². The standard InChI is InChI=1S/C13H18N6O/c1-2-11(12-16-13(20-17-12)10-3-4-10)18(5-1)6-7-19-9-14-8-15-19/h8-11H,1-7H2/t11-/m0/s1. The Hall–Kier alpha value is -1.76. The van der Waals surface area contributed by atoms with Crippen molar-refractivity contribution in [1.82, 2.24) is 29.8 Å². The van der Waals surface area contributed by atoms with E-state index in [1.165, 1.54) is 19.3 Å². The highest BCUT2D eigenvalue weighted by atomic mass is 16.5. The second-order valence-electron chi connectivity index (χ2n) is 5.62. The zero-order valence-electron chi connectivity index (χ0n) is 11.4. The molecule has 0 radical (unpaired) electrons. The second kappa shape index (κ2) is 4.97. The highest BCUT2D eigenvalue weighted by Crippen LogP contribution is 2.40. The van der Waals surface area contributed by atoms with E-state index in [4.69, 9.17) is 4.52 Å². The van der Waals surface area contributed by atoms with E-state index in [2.05, 4.69) is 25.1 Å². The molecule has 0 spiro atoms. The largest absolute Gasteiger partial charge is 0.339 e. The molecule has 0 unspecified atom stereocenters. The van der Waals surface area contributed by atoms with Gasteiger partial charge in [-0.2, -0.15) is 10.1 Å². The summed E-state index contributed by atoms with van der Waals surface area (Å²) in [5.41, 5.74) is 0. The topological polar surface area (TPSA) is 72.9 Å². The van der Waals surface area contributed by atoms with Crippen LogP contribution in [0.25, 0.3) is 0 Å². The van der Waals surface area contributed by atoms with Crippen molar-refractivity contribution in [3.63, 3.8) is 0 Å². The van der Waals surface area contributed by atoms with Crippen LogP contribution in [0.3, 0.4) is 0 Å². The highest BCUT2D eigenvalue weighted by molar-refractivity contribution is 5.05. The SMILES string of the molecule is c1ncn(CCN2CCC[C@H]2c2noc(C3CC3)n2)n1. The summed E-state index contributed by atoms with van der Waals surface area (Å²) >= 11 is 0. The zero-order valence-corrected chi connectivity index (χ0v) is 11.4. The van der Waals surface area contributed by atoms with Gasteiger partial charge in [0.15, 0.2) is 5.82 Å². The lowest BCUT2D eigenvalue weighted by molar-refractivity contribution is 0.230. The summed E-state index contributed by atoms with van der Waals surface area (Å²) in [6, 6.07) is 0.301. The van der Waals surface area contributed by atoms with E-state index < -0.39 is 0 Å². The monoisotopic (exact) mass is 274 g/mol. The molecule has 1 aliphatic heterocycles. The molecular formula is C13H18N6O. The van der Waals surface area contributed by atoms with Gasteiger partial charge >= 0.3 is 0 Å². The average Bonchev–Trinajstić information content (AvgIpc) is 2.91. The molecule has 0 amide bonds. The van der Waals surface area contributed by atoms with Crippen molar-refractivity contribution in [2.24, 2.45) is 0 Å². The summed E-state index contributed by atoms with van der Waals surface area (Å²) in [6.07, 6.45) is 8.02. The van der Waals surface area contributed by atoms with E-state index in [0.29, 0.717) is 12.0 Å². The van der Waals surface area contributed by atoms with Crippen LogP contribution >= 0.6 is 0 Å². The molecule has 2 aromatic heterocycles. The van der Waals surface area contributed by atoms with E-state index in [1.807, 2.05) is 4.68 Å². The third kappa shape index (κ3) is 2.33. The van der Waals surface area contributed by atoms with Gasteiger partial charge in [0.25, 0.3) is 0 Å². The minimum absolute atomic E-state index is 0.301. The molecule has 106 valence electrons. The second-order valence-corrected chi connectivity index (χ2v) is 5.62. The van der Waals surface area contributed by atoms with Gasteiger partial charge in [0.05, 0.1) is 12.6 Å². The minimum Gasteiger partial charge on any atom is -0.339 e. The molecule has 20 heavy (non-hydrogen) atoms. The third-order valence-electron chi connectivity index (χ3n) is 4.13. The summed E-state index contributed by atoms with van der Waals surface area (Å²) in [4.78, 5) is 11.0. The van der Waals surface area contributed by atoms with Crippen LogP contribution in [0.4, 0.5) is 0 Å². The first kappa shape index (κ1) is 12.0. The number of hydrogen-bond acceptors (Lipinski definition) is 6. The molecule has 3 heterocycles. The Morgan fingerprint density at radius 3 is 3.00 bits per heavy atom. The fourth-order valence-corrected chi connectivity index (χ4v) is 2.84. The summed E-state index contributed by atoms with van der Waals surface area (Å²) in [6.45, 7) is 2.89. The summed E-state index contributed by atoms with van der Waals surface area (Å²) in [5.74, 6) is 2.23. The molecule has 0 aromatic carbocycles. The van der Waals surface area contributed by atoms with Gasteiger partial charge in [-0.15, -0.1) is 0 Å². The molecule has 1 saturated heterocycles. The van der Waals surface area contributed by atoms with Crippen molar-refractivity contribution < 1.29 is 4.52 Å². The van der Waals surface area contributed by atoms with Gasteiger partial charge in [0.2, 0.25) is 5.89 Å². The van der Waals surface area contributed by atoms with Crippen LogP contribution in [-0.2, 0) is 6.54 Å². The maximum atomic E-state index is 5.38. The van der Waals surface area contributed by atoms with Crippen LogP contribution in [0.1, 0.15) is 49.4 Å².